The first-order chi connectivity index (χ1) is 13.0. The van der Waals surface area contributed by atoms with Crippen LogP contribution in [0.15, 0.2) is 48.5 Å². The largest absolute Gasteiger partial charge is 0.482 e. The number of benzene rings is 2. The lowest BCUT2D eigenvalue weighted by Gasteiger charge is -2.08. The van der Waals surface area contributed by atoms with E-state index in [2.05, 4.69) is 5.32 Å². The van der Waals surface area contributed by atoms with Gasteiger partial charge in [-0.2, -0.15) is 0 Å². The third-order valence-electron chi connectivity index (χ3n) is 3.50. The molecule has 6 nitrogen and oxygen atoms in total. The summed E-state index contributed by atoms with van der Waals surface area (Å²) in [4.78, 5) is 35.3. The molecule has 0 spiro atoms. The van der Waals surface area contributed by atoms with Crippen molar-refractivity contribution < 1.29 is 23.9 Å². The Morgan fingerprint density at radius 2 is 1.63 bits per heavy atom. The molecular formula is C20H20ClNO5. The summed E-state index contributed by atoms with van der Waals surface area (Å²) in [5, 5.41) is 3.30. The molecule has 1 amide bonds. The molecule has 0 bridgehead atoms. The first-order valence-corrected chi connectivity index (χ1v) is 8.83. The second kappa shape index (κ2) is 10.3. The highest BCUT2D eigenvalue weighted by atomic mass is 35.5. The average molecular weight is 390 g/mol. The Morgan fingerprint density at radius 1 is 0.963 bits per heavy atom. The van der Waals surface area contributed by atoms with E-state index in [1.54, 1.807) is 48.5 Å². The molecule has 27 heavy (non-hydrogen) atoms. The van der Waals surface area contributed by atoms with Crippen LogP contribution >= 0.6 is 11.6 Å². The van der Waals surface area contributed by atoms with Crippen molar-refractivity contribution in [1.82, 2.24) is 0 Å². The average Bonchev–Trinajstić information content (AvgIpc) is 2.66. The zero-order valence-corrected chi connectivity index (χ0v) is 15.6. The van der Waals surface area contributed by atoms with Gasteiger partial charge in [-0.1, -0.05) is 18.5 Å². The molecule has 2 aromatic rings. The van der Waals surface area contributed by atoms with Crippen LogP contribution in [-0.2, 0) is 14.3 Å². The lowest BCUT2D eigenvalue weighted by Crippen LogP contribution is -2.19. The maximum Gasteiger partial charge on any atom is 0.344 e. The summed E-state index contributed by atoms with van der Waals surface area (Å²) >= 11 is 5.76. The molecule has 0 aliphatic heterocycles. The number of ether oxygens (including phenoxy) is 2. The predicted octanol–water partition coefficient (Wildman–Crippen LogP) is 3.88. The number of hydrogen-bond donors (Lipinski definition) is 1. The quantitative estimate of drug-likeness (QED) is 0.519. The molecule has 0 saturated heterocycles. The fourth-order valence-corrected chi connectivity index (χ4v) is 2.26. The Balaban J connectivity index is 1.76. The minimum atomic E-state index is -0.651. The number of anilines is 1. The third-order valence-corrected chi connectivity index (χ3v) is 3.75. The van der Waals surface area contributed by atoms with Gasteiger partial charge in [0.2, 0.25) is 5.91 Å². The van der Waals surface area contributed by atoms with Crippen molar-refractivity contribution in [2.75, 3.05) is 18.5 Å². The minimum Gasteiger partial charge on any atom is -0.482 e. The summed E-state index contributed by atoms with van der Waals surface area (Å²) < 4.78 is 10.2. The van der Waals surface area contributed by atoms with Gasteiger partial charge in [-0.15, -0.1) is 0 Å². The van der Waals surface area contributed by atoms with E-state index in [9.17, 15) is 14.4 Å². The molecule has 0 heterocycles. The van der Waals surface area contributed by atoms with Gasteiger partial charge in [0.1, 0.15) is 5.75 Å². The molecular weight excluding hydrogens is 370 g/mol. The number of hydrogen-bond acceptors (Lipinski definition) is 5. The summed E-state index contributed by atoms with van der Waals surface area (Å²) in [5.41, 5.74) is 0.994. The summed E-state index contributed by atoms with van der Waals surface area (Å²) in [7, 11) is 0. The Kier molecular flexibility index (Phi) is 7.82. The zero-order valence-electron chi connectivity index (χ0n) is 14.9. The van der Waals surface area contributed by atoms with E-state index in [1.807, 2.05) is 6.92 Å². The molecule has 142 valence electrons. The Labute approximate surface area is 162 Å². The van der Waals surface area contributed by atoms with Crippen LogP contribution in [-0.4, -0.2) is 30.9 Å². The van der Waals surface area contributed by atoms with Crippen molar-refractivity contribution in [2.24, 2.45) is 0 Å². The van der Waals surface area contributed by atoms with Crippen LogP contribution in [0.5, 0.6) is 5.75 Å². The van der Waals surface area contributed by atoms with Crippen molar-refractivity contribution in [3.8, 4) is 5.75 Å². The lowest BCUT2D eigenvalue weighted by atomic mass is 10.1. The smallest absolute Gasteiger partial charge is 0.344 e. The number of esters is 1. The van der Waals surface area contributed by atoms with E-state index in [-0.39, 0.29) is 24.9 Å². The van der Waals surface area contributed by atoms with Gasteiger partial charge in [0.25, 0.3) is 0 Å². The summed E-state index contributed by atoms with van der Waals surface area (Å²) in [5.74, 6) is -0.599. The molecule has 2 rings (SSSR count). The Hall–Kier alpha value is -2.86. The minimum absolute atomic E-state index is 0.0776. The maximum absolute atomic E-state index is 12.1. The monoisotopic (exact) mass is 389 g/mol. The topological polar surface area (TPSA) is 81.7 Å². The lowest BCUT2D eigenvalue weighted by molar-refractivity contribution is -0.144. The highest BCUT2D eigenvalue weighted by molar-refractivity contribution is 6.30. The molecule has 0 saturated carbocycles. The zero-order chi connectivity index (χ0) is 19.6. The van der Waals surface area contributed by atoms with Crippen LogP contribution in [0.2, 0.25) is 5.02 Å². The third kappa shape index (κ3) is 7.11. The number of amides is 1. The molecule has 7 heteroatoms. The first kappa shape index (κ1) is 20.5. The van der Waals surface area contributed by atoms with Gasteiger partial charge < -0.3 is 14.8 Å². The number of Topliss-reactive ketones (excluding diaryl/α,β-unsaturated/α-hetero) is 1. The van der Waals surface area contributed by atoms with Crippen LogP contribution < -0.4 is 10.1 Å². The molecule has 0 atom stereocenters. The number of carbonyl (C=O) groups excluding carboxylic acids is 3. The number of nitrogens with one attached hydrogen (secondary N) is 1. The standard InChI is InChI=1S/C20H20ClNO5/c1-2-3-19(24)22-16-8-4-14(5-9-16)18(23)12-27-20(25)13-26-17-10-6-15(21)7-11-17/h4-11H,2-3,12-13H2,1H3,(H,22,24). The van der Waals surface area contributed by atoms with E-state index in [4.69, 9.17) is 21.1 Å². The van der Waals surface area contributed by atoms with Gasteiger partial charge in [0, 0.05) is 22.7 Å². The molecule has 1 N–H and O–H groups in total. The van der Waals surface area contributed by atoms with Crippen molar-refractivity contribution in [2.45, 2.75) is 19.8 Å². The molecule has 0 aliphatic carbocycles. The summed E-state index contributed by atoms with van der Waals surface area (Å²) in [6.45, 7) is 1.23. The molecule has 0 fully saturated rings. The second-order valence-electron chi connectivity index (χ2n) is 5.70. The SMILES string of the molecule is CCCC(=O)Nc1ccc(C(=O)COC(=O)COc2ccc(Cl)cc2)cc1. The van der Waals surface area contributed by atoms with E-state index in [1.165, 1.54) is 0 Å². The number of rotatable bonds is 9. The van der Waals surface area contributed by atoms with Crippen LogP contribution in [0.3, 0.4) is 0 Å². The van der Waals surface area contributed by atoms with E-state index in [0.717, 1.165) is 6.42 Å². The van der Waals surface area contributed by atoms with E-state index >= 15 is 0 Å². The highest BCUT2D eigenvalue weighted by Gasteiger charge is 2.11. The predicted molar refractivity (Wildman–Crippen MR) is 102 cm³/mol. The van der Waals surface area contributed by atoms with Crippen molar-refractivity contribution in [3.63, 3.8) is 0 Å². The van der Waals surface area contributed by atoms with Crippen molar-refractivity contribution >= 4 is 34.9 Å². The van der Waals surface area contributed by atoms with Gasteiger partial charge >= 0.3 is 5.97 Å². The van der Waals surface area contributed by atoms with Crippen LogP contribution in [0.1, 0.15) is 30.1 Å². The second-order valence-corrected chi connectivity index (χ2v) is 6.14. The molecule has 0 aliphatic rings. The van der Waals surface area contributed by atoms with Gasteiger partial charge in [-0.25, -0.2) is 4.79 Å². The summed E-state index contributed by atoms with van der Waals surface area (Å²) in [6.07, 6.45) is 1.20. The fourth-order valence-electron chi connectivity index (χ4n) is 2.13. The van der Waals surface area contributed by atoms with Gasteiger partial charge in [0.15, 0.2) is 19.0 Å². The molecule has 0 aromatic heterocycles. The van der Waals surface area contributed by atoms with Gasteiger partial charge in [-0.3, -0.25) is 9.59 Å². The number of ketones is 1. The highest BCUT2D eigenvalue weighted by Crippen LogP contribution is 2.15. The molecule has 2 aromatic carbocycles. The van der Waals surface area contributed by atoms with Crippen LogP contribution in [0.25, 0.3) is 0 Å². The van der Waals surface area contributed by atoms with Crippen LogP contribution in [0.4, 0.5) is 5.69 Å². The van der Waals surface area contributed by atoms with Crippen molar-refractivity contribution in [1.29, 1.82) is 0 Å². The molecule has 0 unspecified atom stereocenters. The fraction of sp³-hybridized carbons (Fsp3) is 0.250. The normalized spacial score (nSPS) is 10.1. The number of halogens is 1. The maximum atomic E-state index is 12.1. The number of carbonyl (C=O) groups is 3. The van der Waals surface area contributed by atoms with E-state index < -0.39 is 5.97 Å². The molecule has 0 radical (unpaired) electrons. The van der Waals surface area contributed by atoms with E-state index in [0.29, 0.717) is 28.4 Å². The van der Waals surface area contributed by atoms with Gasteiger partial charge in [-0.05, 0) is 55.0 Å². The van der Waals surface area contributed by atoms with Crippen LogP contribution in [0, 0.1) is 0 Å². The Morgan fingerprint density at radius 3 is 2.26 bits per heavy atom. The Bertz CT molecular complexity index is 787. The first-order valence-electron chi connectivity index (χ1n) is 8.45. The van der Waals surface area contributed by atoms with Gasteiger partial charge in [0.05, 0.1) is 0 Å². The van der Waals surface area contributed by atoms with Crippen molar-refractivity contribution in [3.05, 3.63) is 59.1 Å². The summed E-state index contributed by atoms with van der Waals surface area (Å²) in [6, 6.07) is 12.9.